The van der Waals surface area contributed by atoms with Gasteiger partial charge in [0.1, 0.15) is 11.5 Å². The number of ether oxygens (including phenoxy) is 1. The van der Waals surface area contributed by atoms with Gasteiger partial charge in [0.15, 0.2) is 0 Å². The summed E-state index contributed by atoms with van der Waals surface area (Å²) < 4.78 is 5.73. The fourth-order valence-corrected chi connectivity index (χ4v) is 1.85. The molecule has 0 saturated heterocycles. The quantitative estimate of drug-likeness (QED) is 0.919. The number of carbonyl (C=O) groups is 1. The molecule has 104 valence electrons. The maximum Gasteiger partial charge on any atom is 0.248 e. The molecule has 0 bridgehead atoms. The molecule has 3 heteroatoms. The monoisotopic (exact) mass is 269 g/mol. The predicted octanol–water partition coefficient (Wildman–Crippen LogP) is 3.88. The summed E-state index contributed by atoms with van der Waals surface area (Å²) in [5.74, 6) is 1.01. The van der Waals surface area contributed by atoms with E-state index in [4.69, 9.17) is 10.5 Å². The Morgan fingerprint density at radius 2 is 1.35 bits per heavy atom. The lowest BCUT2D eigenvalue weighted by Gasteiger charge is -2.19. The highest BCUT2D eigenvalue weighted by Crippen LogP contribution is 2.27. The molecule has 0 aliphatic rings. The molecule has 2 aromatic carbocycles. The lowest BCUT2D eigenvalue weighted by molar-refractivity contribution is 0.100. The minimum atomic E-state index is -0.439. The lowest BCUT2D eigenvalue weighted by Crippen LogP contribution is -2.10. The van der Waals surface area contributed by atoms with Crippen molar-refractivity contribution < 1.29 is 9.53 Å². The van der Waals surface area contributed by atoms with Crippen molar-refractivity contribution in [1.82, 2.24) is 0 Å². The minimum Gasteiger partial charge on any atom is -0.457 e. The molecule has 2 aromatic rings. The number of amides is 1. The van der Waals surface area contributed by atoms with Gasteiger partial charge in [0.25, 0.3) is 0 Å². The number of nitrogens with two attached hydrogens (primary N) is 1. The Hall–Kier alpha value is -2.29. The SMILES string of the molecule is CC(C)(C)c1ccc(Oc2ccc(C(N)=O)cc2)cc1. The zero-order valence-corrected chi connectivity index (χ0v) is 12.0. The Bertz CT molecular complexity index is 592. The third kappa shape index (κ3) is 3.38. The summed E-state index contributed by atoms with van der Waals surface area (Å²) in [7, 11) is 0. The first kappa shape index (κ1) is 14.1. The fraction of sp³-hybridized carbons (Fsp3) is 0.235. The van der Waals surface area contributed by atoms with Crippen LogP contribution in [0.2, 0.25) is 0 Å². The van der Waals surface area contributed by atoms with Crippen LogP contribution in [0, 0.1) is 0 Å². The second-order valence-corrected chi connectivity index (χ2v) is 5.77. The molecule has 1 amide bonds. The molecule has 20 heavy (non-hydrogen) atoms. The molecule has 0 heterocycles. The van der Waals surface area contributed by atoms with Crippen molar-refractivity contribution in [3.8, 4) is 11.5 Å². The van der Waals surface area contributed by atoms with Crippen LogP contribution in [0.3, 0.4) is 0 Å². The fourth-order valence-electron chi connectivity index (χ4n) is 1.85. The molecule has 0 saturated carbocycles. The highest BCUT2D eigenvalue weighted by molar-refractivity contribution is 5.92. The second-order valence-electron chi connectivity index (χ2n) is 5.77. The minimum absolute atomic E-state index is 0.127. The smallest absolute Gasteiger partial charge is 0.248 e. The number of hydrogen-bond acceptors (Lipinski definition) is 2. The van der Waals surface area contributed by atoms with Gasteiger partial charge in [0, 0.05) is 5.56 Å². The van der Waals surface area contributed by atoms with E-state index in [1.807, 2.05) is 12.1 Å². The molecular weight excluding hydrogens is 250 g/mol. The number of hydrogen-bond donors (Lipinski definition) is 1. The summed E-state index contributed by atoms with van der Waals surface area (Å²) in [6.07, 6.45) is 0. The van der Waals surface area contributed by atoms with Gasteiger partial charge in [-0.25, -0.2) is 0 Å². The van der Waals surface area contributed by atoms with Gasteiger partial charge in [0.05, 0.1) is 0 Å². The molecular formula is C17H19NO2. The van der Waals surface area contributed by atoms with Gasteiger partial charge in [-0.1, -0.05) is 32.9 Å². The number of benzene rings is 2. The average molecular weight is 269 g/mol. The van der Waals surface area contributed by atoms with Crippen LogP contribution >= 0.6 is 0 Å². The van der Waals surface area contributed by atoms with E-state index in [-0.39, 0.29) is 5.41 Å². The van der Waals surface area contributed by atoms with Gasteiger partial charge in [-0.2, -0.15) is 0 Å². The van der Waals surface area contributed by atoms with Crippen molar-refractivity contribution in [1.29, 1.82) is 0 Å². The van der Waals surface area contributed by atoms with Gasteiger partial charge >= 0.3 is 0 Å². The summed E-state index contributed by atoms with van der Waals surface area (Å²) in [4.78, 5) is 11.0. The number of primary amides is 1. The Kier molecular flexibility index (Phi) is 3.79. The van der Waals surface area contributed by atoms with Crippen molar-refractivity contribution in [2.45, 2.75) is 26.2 Å². The molecule has 0 atom stereocenters. The summed E-state index contributed by atoms with van der Waals surface area (Å²) in [6.45, 7) is 6.52. The second kappa shape index (κ2) is 5.37. The van der Waals surface area contributed by atoms with Crippen LogP contribution in [-0.2, 0) is 5.41 Å². The van der Waals surface area contributed by atoms with Crippen LogP contribution in [0.15, 0.2) is 48.5 Å². The van der Waals surface area contributed by atoms with Crippen LogP contribution in [0.4, 0.5) is 0 Å². The third-order valence-corrected chi connectivity index (χ3v) is 3.09. The maximum atomic E-state index is 11.0. The van der Waals surface area contributed by atoms with Crippen LogP contribution in [-0.4, -0.2) is 5.91 Å². The molecule has 3 nitrogen and oxygen atoms in total. The molecule has 0 fully saturated rings. The van der Waals surface area contributed by atoms with Gasteiger partial charge in [-0.05, 0) is 47.4 Å². The molecule has 0 spiro atoms. The highest BCUT2D eigenvalue weighted by atomic mass is 16.5. The first-order valence-corrected chi connectivity index (χ1v) is 6.54. The van der Waals surface area contributed by atoms with E-state index >= 15 is 0 Å². The summed E-state index contributed by atoms with van der Waals surface area (Å²) in [5, 5.41) is 0. The van der Waals surface area contributed by atoms with Crippen LogP contribution in [0.25, 0.3) is 0 Å². The Labute approximate surface area is 119 Å². The predicted molar refractivity (Wildman–Crippen MR) is 80.2 cm³/mol. The van der Waals surface area contributed by atoms with Crippen molar-refractivity contribution in [3.63, 3.8) is 0 Å². The zero-order chi connectivity index (χ0) is 14.8. The summed E-state index contributed by atoms with van der Waals surface area (Å²) >= 11 is 0. The van der Waals surface area contributed by atoms with Gasteiger partial charge < -0.3 is 10.5 Å². The highest BCUT2D eigenvalue weighted by Gasteiger charge is 2.13. The van der Waals surface area contributed by atoms with Gasteiger partial charge in [-0.15, -0.1) is 0 Å². The summed E-state index contributed by atoms with van der Waals surface area (Å²) in [6, 6.07) is 14.8. The van der Waals surface area contributed by atoms with Crippen LogP contribution < -0.4 is 10.5 Å². The number of carbonyl (C=O) groups excluding carboxylic acids is 1. The van der Waals surface area contributed by atoms with E-state index in [0.717, 1.165) is 5.75 Å². The van der Waals surface area contributed by atoms with Gasteiger partial charge in [0.2, 0.25) is 5.91 Å². The summed E-state index contributed by atoms with van der Waals surface area (Å²) in [5.41, 5.74) is 7.05. The Morgan fingerprint density at radius 3 is 1.75 bits per heavy atom. The zero-order valence-electron chi connectivity index (χ0n) is 12.0. The Balaban J connectivity index is 2.12. The molecule has 0 radical (unpaired) electrons. The normalized spacial score (nSPS) is 11.2. The molecule has 0 unspecified atom stereocenters. The van der Waals surface area contributed by atoms with E-state index < -0.39 is 5.91 Å². The average Bonchev–Trinajstić information content (AvgIpc) is 2.39. The molecule has 2 N–H and O–H groups in total. The van der Waals surface area contributed by atoms with Crippen molar-refractivity contribution in [2.75, 3.05) is 0 Å². The van der Waals surface area contributed by atoms with Crippen LogP contribution in [0.5, 0.6) is 11.5 Å². The standard InChI is InChI=1S/C17H19NO2/c1-17(2,3)13-6-10-15(11-7-13)20-14-8-4-12(5-9-14)16(18)19/h4-11H,1-3H3,(H2,18,19). The van der Waals surface area contributed by atoms with Gasteiger partial charge in [-0.3, -0.25) is 4.79 Å². The van der Waals surface area contributed by atoms with Crippen molar-refractivity contribution in [3.05, 3.63) is 59.7 Å². The Morgan fingerprint density at radius 1 is 0.900 bits per heavy atom. The molecule has 0 aromatic heterocycles. The first-order chi connectivity index (χ1) is 9.36. The van der Waals surface area contributed by atoms with Crippen LogP contribution in [0.1, 0.15) is 36.7 Å². The first-order valence-electron chi connectivity index (χ1n) is 6.54. The van der Waals surface area contributed by atoms with Crippen molar-refractivity contribution in [2.24, 2.45) is 5.73 Å². The number of rotatable bonds is 3. The van der Waals surface area contributed by atoms with Crippen molar-refractivity contribution >= 4 is 5.91 Å². The van der Waals surface area contributed by atoms with E-state index in [1.54, 1.807) is 24.3 Å². The lowest BCUT2D eigenvalue weighted by atomic mass is 9.87. The van der Waals surface area contributed by atoms with E-state index in [1.165, 1.54) is 5.56 Å². The topological polar surface area (TPSA) is 52.3 Å². The third-order valence-electron chi connectivity index (χ3n) is 3.09. The van der Waals surface area contributed by atoms with E-state index in [2.05, 4.69) is 32.9 Å². The largest absolute Gasteiger partial charge is 0.457 e. The van der Waals surface area contributed by atoms with E-state index in [9.17, 15) is 4.79 Å². The molecule has 0 aliphatic heterocycles. The molecule has 0 aliphatic carbocycles. The van der Waals surface area contributed by atoms with E-state index in [0.29, 0.717) is 11.3 Å². The maximum absolute atomic E-state index is 11.0. The molecule has 2 rings (SSSR count).